The van der Waals surface area contributed by atoms with Crippen molar-refractivity contribution in [1.29, 1.82) is 0 Å². The molecule has 0 unspecified atom stereocenters. The molecule has 0 spiro atoms. The van der Waals surface area contributed by atoms with E-state index < -0.39 is 52.6 Å². The molecule has 1 heterocycles. The Morgan fingerprint density at radius 3 is 2.27 bits per heavy atom. The first-order chi connectivity index (χ1) is 14.2. The number of ether oxygens (including phenoxy) is 1. The minimum atomic E-state index is -1.29. The first-order valence-corrected chi connectivity index (χ1v) is 9.49. The van der Waals surface area contributed by atoms with Crippen molar-refractivity contribution in [3.63, 3.8) is 0 Å². The largest absolute Gasteiger partial charge is 0.451 e. The fourth-order valence-corrected chi connectivity index (χ4v) is 3.61. The summed E-state index contributed by atoms with van der Waals surface area (Å²) in [6, 6.07) is 4.37. The molecule has 1 saturated heterocycles. The zero-order valence-electron chi connectivity index (χ0n) is 16.4. The summed E-state index contributed by atoms with van der Waals surface area (Å²) in [5, 5.41) is 13.4. The van der Waals surface area contributed by atoms with Crippen molar-refractivity contribution in [3.8, 4) is 0 Å². The molecule has 10 heteroatoms. The molecule has 3 rings (SSSR count). The van der Waals surface area contributed by atoms with E-state index in [1.165, 1.54) is 38.1 Å². The maximum atomic E-state index is 12.6. The lowest BCUT2D eigenvalue weighted by atomic mass is 9.85. The molecule has 158 valence electrons. The van der Waals surface area contributed by atoms with Crippen LogP contribution in [0.25, 0.3) is 0 Å². The summed E-state index contributed by atoms with van der Waals surface area (Å²) >= 11 is 0. The van der Waals surface area contributed by atoms with Crippen molar-refractivity contribution in [2.24, 2.45) is 11.8 Å². The number of allylic oxidation sites excluding steroid dienone is 2. The Kier molecular flexibility index (Phi) is 5.95. The summed E-state index contributed by atoms with van der Waals surface area (Å²) in [7, 11) is 0. The lowest BCUT2D eigenvalue weighted by Gasteiger charge is -2.23. The summed E-state index contributed by atoms with van der Waals surface area (Å²) in [5.74, 6) is -3.48. The van der Waals surface area contributed by atoms with Gasteiger partial charge in [0.15, 0.2) is 6.10 Å². The molecule has 2 aliphatic rings. The molecule has 1 aliphatic heterocycles. The van der Waals surface area contributed by atoms with E-state index >= 15 is 0 Å². The summed E-state index contributed by atoms with van der Waals surface area (Å²) < 4.78 is 5.13. The highest BCUT2D eigenvalue weighted by molar-refractivity contribution is 6.08. The third-order valence-electron chi connectivity index (χ3n) is 5.29. The van der Waals surface area contributed by atoms with Gasteiger partial charge in [0.25, 0.3) is 11.6 Å². The van der Waals surface area contributed by atoms with Crippen LogP contribution in [0.2, 0.25) is 0 Å². The third kappa shape index (κ3) is 3.93. The predicted molar refractivity (Wildman–Crippen MR) is 104 cm³/mol. The number of rotatable bonds is 6. The lowest BCUT2D eigenvalue weighted by molar-refractivity contribution is -0.383. The van der Waals surface area contributed by atoms with Gasteiger partial charge in [0, 0.05) is 6.07 Å². The van der Waals surface area contributed by atoms with E-state index in [9.17, 15) is 29.3 Å². The molecule has 1 aliphatic carbocycles. The van der Waals surface area contributed by atoms with E-state index in [2.05, 4.69) is 5.32 Å². The summed E-state index contributed by atoms with van der Waals surface area (Å²) in [6.45, 7) is 2.67. The Morgan fingerprint density at radius 1 is 1.13 bits per heavy atom. The standard InChI is InChI=1S/C20H21N3O7/c1-11(22-18(25)13-7-3-4-8-14(13)19(22)26)20(27)30-12(2)17(24)21-15-9-5-6-10-16(15)23(28)29/h3-6,9-14H,7-8H2,1-2H3,(H,21,24)/t11-,12-,13-,14+/m0/s1. The van der Waals surface area contributed by atoms with E-state index in [0.717, 1.165) is 4.90 Å². The maximum Gasteiger partial charge on any atom is 0.329 e. The molecule has 0 aromatic heterocycles. The average molecular weight is 415 g/mol. The first kappa shape index (κ1) is 21.2. The van der Waals surface area contributed by atoms with Crippen LogP contribution < -0.4 is 5.32 Å². The van der Waals surface area contributed by atoms with Crippen LogP contribution >= 0.6 is 0 Å². The summed E-state index contributed by atoms with van der Waals surface area (Å²) in [6.07, 6.45) is 3.28. The molecule has 1 aromatic rings. The Bertz CT molecular complexity index is 916. The summed E-state index contributed by atoms with van der Waals surface area (Å²) in [5.41, 5.74) is -0.341. The van der Waals surface area contributed by atoms with Crippen molar-refractivity contribution in [2.75, 3.05) is 5.32 Å². The topological polar surface area (TPSA) is 136 Å². The van der Waals surface area contributed by atoms with Gasteiger partial charge in [-0.15, -0.1) is 0 Å². The van der Waals surface area contributed by atoms with E-state index in [4.69, 9.17) is 4.74 Å². The van der Waals surface area contributed by atoms with Crippen LogP contribution in [0, 0.1) is 22.0 Å². The molecule has 0 bridgehead atoms. The number of hydrogen-bond donors (Lipinski definition) is 1. The molecule has 30 heavy (non-hydrogen) atoms. The molecule has 4 atom stereocenters. The zero-order valence-corrected chi connectivity index (χ0v) is 16.4. The van der Waals surface area contributed by atoms with E-state index in [0.29, 0.717) is 12.8 Å². The van der Waals surface area contributed by atoms with Gasteiger partial charge in [0.1, 0.15) is 11.7 Å². The van der Waals surface area contributed by atoms with E-state index in [1.807, 2.05) is 12.2 Å². The number of anilines is 1. The number of likely N-dealkylation sites (tertiary alicyclic amines) is 1. The third-order valence-corrected chi connectivity index (χ3v) is 5.29. The molecule has 10 nitrogen and oxygen atoms in total. The lowest BCUT2D eigenvalue weighted by Crippen LogP contribution is -2.46. The number of fused-ring (bicyclic) bond motifs is 1. The van der Waals surface area contributed by atoms with Gasteiger partial charge in [0.05, 0.1) is 16.8 Å². The van der Waals surface area contributed by atoms with Gasteiger partial charge in [-0.05, 0) is 32.8 Å². The predicted octanol–water partition coefficient (Wildman–Crippen LogP) is 1.80. The molecule has 3 amide bonds. The van der Waals surface area contributed by atoms with E-state index in [-0.39, 0.29) is 11.4 Å². The summed E-state index contributed by atoms with van der Waals surface area (Å²) in [4.78, 5) is 61.3. The number of esters is 1. The van der Waals surface area contributed by atoms with Gasteiger partial charge in [-0.1, -0.05) is 24.3 Å². The second-order valence-corrected chi connectivity index (χ2v) is 7.22. The number of carbonyl (C=O) groups excluding carboxylic acids is 4. The van der Waals surface area contributed by atoms with Crippen LogP contribution in [-0.4, -0.2) is 45.7 Å². The van der Waals surface area contributed by atoms with Crippen LogP contribution in [0.3, 0.4) is 0 Å². The van der Waals surface area contributed by atoms with Gasteiger partial charge in [-0.25, -0.2) is 4.79 Å². The zero-order chi connectivity index (χ0) is 22.0. The van der Waals surface area contributed by atoms with Crippen LogP contribution in [0.5, 0.6) is 0 Å². The number of benzene rings is 1. The van der Waals surface area contributed by atoms with E-state index in [1.54, 1.807) is 0 Å². The first-order valence-electron chi connectivity index (χ1n) is 9.49. The number of hydrogen-bond acceptors (Lipinski definition) is 7. The van der Waals surface area contributed by atoms with Crippen molar-refractivity contribution < 1.29 is 28.8 Å². The number of amides is 3. The van der Waals surface area contributed by atoms with Crippen molar-refractivity contribution in [3.05, 3.63) is 46.5 Å². The molecule has 1 N–H and O–H groups in total. The Balaban J connectivity index is 1.64. The molecular weight excluding hydrogens is 394 g/mol. The van der Waals surface area contributed by atoms with Crippen molar-refractivity contribution in [1.82, 2.24) is 4.90 Å². The Labute approximate surface area is 172 Å². The molecular formula is C20H21N3O7. The van der Waals surface area contributed by atoms with Gasteiger partial charge < -0.3 is 10.1 Å². The molecule has 1 aromatic carbocycles. The fraction of sp³-hybridized carbons (Fsp3) is 0.400. The highest BCUT2D eigenvalue weighted by Gasteiger charge is 2.50. The number of carbonyl (C=O) groups is 4. The quantitative estimate of drug-likeness (QED) is 0.246. The minimum Gasteiger partial charge on any atom is -0.451 e. The average Bonchev–Trinajstić information content (AvgIpc) is 2.98. The van der Waals surface area contributed by atoms with Crippen LogP contribution in [-0.2, 0) is 23.9 Å². The molecule has 1 fully saturated rings. The highest BCUT2D eigenvalue weighted by atomic mass is 16.6. The number of imide groups is 1. The number of para-hydroxylation sites is 2. The number of nitrogens with one attached hydrogen (secondary N) is 1. The van der Waals surface area contributed by atoms with Crippen LogP contribution in [0.1, 0.15) is 26.7 Å². The molecule has 0 radical (unpaired) electrons. The molecule has 0 saturated carbocycles. The minimum absolute atomic E-state index is 0.0371. The normalized spacial score (nSPS) is 22.3. The Hall–Kier alpha value is -3.56. The van der Waals surface area contributed by atoms with Crippen molar-refractivity contribution in [2.45, 2.75) is 38.8 Å². The number of nitro groups is 1. The number of nitrogens with zero attached hydrogens (tertiary/aromatic N) is 2. The van der Waals surface area contributed by atoms with Gasteiger partial charge in [-0.3, -0.25) is 29.4 Å². The Morgan fingerprint density at radius 2 is 1.70 bits per heavy atom. The second kappa shape index (κ2) is 8.44. The highest BCUT2D eigenvalue weighted by Crippen LogP contribution is 2.36. The van der Waals surface area contributed by atoms with Gasteiger partial charge in [0.2, 0.25) is 11.8 Å². The van der Waals surface area contributed by atoms with Gasteiger partial charge >= 0.3 is 5.97 Å². The second-order valence-electron chi connectivity index (χ2n) is 7.22. The van der Waals surface area contributed by atoms with Crippen molar-refractivity contribution >= 4 is 35.1 Å². The SMILES string of the molecule is C[C@H](OC(=O)[C@H](C)N1C(=O)[C@H]2CC=CC[C@H]2C1=O)C(=O)Nc1ccccc1[N+](=O)[O-]. The monoisotopic (exact) mass is 415 g/mol. The van der Waals surface area contributed by atoms with Crippen LogP contribution in [0.4, 0.5) is 11.4 Å². The fourth-order valence-electron chi connectivity index (χ4n) is 3.61. The maximum absolute atomic E-state index is 12.6. The van der Waals surface area contributed by atoms with Crippen LogP contribution in [0.15, 0.2) is 36.4 Å². The number of nitro benzene ring substituents is 1. The smallest absolute Gasteiger partial charge is 0.329 e. The van der Waals surface area contributed by atoms with Gasteiger partial charge in [-0.2, -0.15) is 0 Å².